The molecule has 1 N–H and O–H groups in total. The molecule has 3 rings (SSSR count). The molecule has 1 aromatic carbocycles. The predicted octanol–water partition coefficient (Wildman–Crippen LogP) is 2.61. The van der Waals surface area contributed by atoms with Crippen LogP contribution >= 0.6 is 11.3 Å². The largest absolute Gasteiger partial charge is 0.484 e. The standard InChI is InChI=1S/C14H11N3O3S/c18-14(19)13-12(20-8-11-6-15-9-21-11)7-17(16-13)10-4-2-1-3-5-10/h1-7,9H,8H2,(H,18,19). The van der Waals surface area contributed by atoms with Gasteiger partial charge in [-0.1, -0.05) is 18.2 Å². The first-order chi connectivity index (χ1) is 10.2. The molecular weight excluding hydrogens is 290 g/mol. The van der Waals surface area contributed by atoms with Gasteiger partial charge in [0.15, 0.2) is 5.75 Å². The van der Waals surface area contributed by atoms with Crippen molar-refractivity contribution in [3.05, 3.63) is 58.8 Å². The van der Waals surface area contributed by atoms with Crippen LogP contribution in [0.15, 0.2) is 48.2 Å². The molecule has 106 valence electrons. The van der Waals surface area contributed by atoms with Crippen LogP contribution in [0.3, 0.4) is 0 Å². The summed E-state index contributed by atoms with van der Waals surface area (Å²) in [5, 5.41) is 13.3. The first kappa shape index (κ1) is 13.3. The number of benzene rings is 1. The molecule has 2 heterocycles. The van der Waals surface area contributed by atoms with Gasteiger partial charge in [-0.05, 0) is 12.1 Å². The number of rotatable bonds is 5. The second kappa shape index (κ2) is 5.76. The first-order valence-corrected chi connectivity index (χ1v) is 7.00. The van der Waals surface area contributed by atoms with Crippen LogP contribution in [0.2, 0.25) is 0 Å². The summed E-state index contributed by atoms with van der Waals surface area (Å²) in [5.41, 5.74) is 2.36. The molecule has 0 saturated carbocycles. The van der Waals surface area contributed by atoms with Gasteiger partial charge in [0.25, 0.3) is 0 Å². The molecular formula is C14H11N3O3S. The van der Waals surface area contributed by atoms with E-state index in [1.54, 1.807) is 17.9 Å². The van der Waals surface area contributed by atoms with Gasteiger partial charge in [-0.2, -0.15) is 5.10 Å². The third kappa shape index (κ3) is 2.92. The number of carbonyl (C=O) groups is 1. The zero-order chi connectivity index (χ0) is 14.7. The van der Waals surface area contributed by atoms with Crippen LogP contribution < -0.4 is 4.74 Å². The second-order valence-corrected chi connectivity index (χ2v) is 5.15. The SMILES string of the molecule is O=C(O)c1nn(-c2ccccc2)cc1OCc1cncs1. The zero-order valence-corrected chi connectivity index (χ0v) is 11.7. The van der Waals surface area contributed by atoms with Crippen LogP contribution in [0.5, 0.6) is 5.75 Å². The van der Waals surface area contributed by atoms with E-state index in [2.05, 4.69) is 10.1 Å². The molecule has 0 aliphatic rings. The number of carboxylic acids is 1. The predicted molar refractivity (Wildman–Crippen MR) is 77.0 cm³/mol. The van der Waals surface area contributed by atoms with E-state index >= 15 is 0 Å². The summed E-state index contributed by atoms with van der Waals surface area (Å²) >= 11 is 1.45. The molecule has 0 fully saturated rings. The molecule has 0 unspecified atom stereocenters. The highest BCUT2D eigenvalue weighted by atomic mass is 32.1. The van der Waals surface area contributed by atoms with Gasteiger partial charge in [-0.25, -0.2) is 9.48 Å². The van der Waals surface area contributed by atoms with Gasteiger partial charge >= 0.3 is 5.97 Å². The van der Waals surface area contributed by atoms with Crippen LogP contribution in [0.4, 0.5) is 0 Å². The monoisotopic (exact) mass is 301 g/mol. The van der Waals surface area contributed by atoms with Gasteiger partial charge in [-0.3, -0.25) is 4.98 Å². The number of carboxylic acid groups (broad SMARTS) is 1. The molecule has 3 aromatic rings. The minimum atomic E-state index is -1.12. The molecule has 0 aliphatic heterocycles. The highest BCUT2D eigenvalue weighted by Gasteiger charge is 2.18. The maximum Gasteiger partial charge on any atom is 0.360 e. The quantitative estimate of drug-likeness (QED) is 0.784. The van der Waals surface area contributed by atoms with Gasteiger partial charge in [0.1, 0.15) is 6.61 Å². The Morgan fingerprint density at radius 3 is 2.81 bits per heavy atom. The van der Waals surface area contributed by atoms with Crippen molar-refractivity contribution in [1.82, 2.24) is 14.8 Å². The van der Waals surface area contributed by atoms with Crippen LogP contribution in [-0.2, 0) is 6.61 Å². The summed E-state index contributed by atoms with van der Waals surface area (Å²) in [5.74, 6) is -0.885. The molecule has 0 saturated heterocycles. The van der Waals surface area contributed by atoms with Crippen molar-refractivity contribution in [3.63, 3.8) is 0 Å². The lowest BCUT2D eigenvalue weighted by Gasteiger charge is -2.01. The Kier molecular flexibility index (Phi) is 3.65. The fraction of sp³-hybridized carbons (Fsp3) is 0.0714. The van der Waals surface area contributed by atoms with Gasteiger partial charge in [0.05, 0.1) is 22.3 Å². The Hall–Kier alpha value is -2.67. The highest BCUT2D eigenvalue weighted by molar-refractivity contribution is 7.09. The Labute approximate surface area is 124 Å². The van der Waals surface area contributed by atoms with Crippen LogP contribution in [0.25, 0.3) is 5.69 Å². The van der Waals surface area contributed by atoms with Crippen LogP contribution in [0, 0.1) is 0 Å². The van der Waals surface area contributed by atoms with E-state index in [1.165, 1.54) is 16.0 Å². The Bertz CT molecular complexity index is 738. The van der Waals surface area contributed by atoms with E-state index in [4.69, 9.17) is 4.74 Å². The van der Waals surface area contributed by atoms with Crippen molar-refractivity contribution in [2.75, 3.05) is 0 Å². The molecule has 0 aliphatic carbocycles. The summed E-state index contributed by atoms with van der Waals surface area (Å²) in [6, 6.07) is 9.27. The van der Waals surface area contributed by atoms with Crippen molar-refractivity contribution in [1.29, 1.82) is 0 Å². The van der Waals surface area contributed by atoms with E-state index in [0.29, 0.717) is 0 Å². The zero-order valence-electron chi connectivity index (χ0n) is 10.8. The van der Waals surface area contributed by atoms with E-state index in [0.717, 1.165) is 10.6 Å². The van der Waals surface area contributed by atoms with Gasteiger partial charge < -0.3 is 9.84 Å². The molecule has 0 radical (unpaired) electrons. The Balaban J connectivity index is 1.88. The van der Waals surface area contributed by atoms with E-state index in [-0.39, 0.29) is 18.1 Å². The lowest BCUT2D eigenvalue weighted by atomic mass is 10.3. The molecule has 0 atom stereocenters. The normalized spacial score (nSPS) is 10.5. The molecule has 0 bridgehead atoms. The fourth-order valence-electron chi connectivity index (χ4n) is 1.79. The number of nitrogens with zero attached hydrogens (tertiary/aromatic N) is 3. The van der Waals surface area contributed by atoms with E-state index in [1.807, 2.05) is 30.3 Å². The molecule has 0 amide bonds. The number of thiazole rings is 1. The van der Waals surface area contributed by atoms with Gasteiger partial charge in [0, 0.05) is 6.20 Å². The first-order valence-electron chi connectivity index (χ1n) is 6.12. The summed E-state index contributed by atoms with van der Waals surface area (Å²) < 4.78 is 7.04. The number of aromatic nitrogens is 3. The lowest BCUT2D eigenvalue weighted by molar-refractivity contribution is 0.0685. The number of para-hydroxylation sites is 1. The van der Waals surface area contributed by atoms with Crippen LogP contribution in [0.1, 0.15) is 15.4 Å². The van der Waals surface area contributed by atoms with Crippen molar-refractivity contribution in [2.24, 2.45) is 0 Å². The summed E-state index contributed by atoms with van der Waals surface area (Å²) in [6.45, 7) is 0.269. The molecule has 21 heavy (non-hydrogen) atoms. The van der Waals surface area contributed by atoms with E-state index < -0.39 is 5.97 Å². The van der Waals surface area contributed by atoms with Gasteiger partial charge in [-0.15, -0.1) is 11.3 Å². The average Bonchev–Trinajstić information content (AvgIpc) is 3.15. The van der Waals surface area contributed by atoms with Crippen molar-refractivity contribution >= 4 is 17.3 Å². The Morgan fingerprint density at radius 1 is 1.33 bits per heavy atom. The second-order valence-electron chi connectivity index (χ2n) is 4.18. The summed E-state index contributed by atoms with van der Waals surface area (Å²) in [6.07, 6.45) is 3.26. The van der Waals surface area contributed by atoms with Crippen molar-refractivity contribution < 1.29 is 14.6 Å². The summed E-state index contributed by atoms with van der Waals surface area (Å²) in [4.78, 5) is 16.1. The topological polar surface area (TPSA) is 77.2 Å². The Morgan fingerprint density at radius 2 is 2.14 bits per heavy atom. The number of hydrogen-bond acceptors (Lipinski definition) is 5. The number of aromatic carboxylic acids is 1. The van der Waals surface area contributed by atoms with E-state index in [9.17, 15) is 9.90 Å². The smallest absolute Gasteiger partial charge is 0.360 e. The molecule has 2 aromatic heterocycles. The molecule has 7 heteroatoms. The molecule has 6 nitrogen and oxygen atoms in total. The van der Waals surface area contributed by atoms with Crippen molar-refractivity contribution in [3.8, 4) is 11.4 Å². The maximum atomic E-state index is 11.3. The number of hydrogen-bond donors (Lipinski definition) is 1. The third-order valence-corrected chi connectivity index (χ3v) is 3.51. The highest BCUT2D eigenvalue weighted by Crippen LogP contribution is 2.21. The minimum Gasteiger partial charge on any atom is -0.484 e. The summed E-state index contributed by atoms with van der Waals surface area (Å²) in [7, 11) is 0. The van der Waals surface area contributed by atoms with Gasteiger partial charge in [0.2, 0.25) is 5.69 Å². The molecule has 0 spiro atoms. The lowest BCUT2D eigenvalue weighted by Crippen LogP contribution is -2.03. The van der Waals surface area contributed by atoms with Crippen LogP contribution in [-0.4, -0.2) is 25.8 Å². The fourth-order valence-corrected chi connectivity index (χ4v) is 2.29. The van der Waals surface area contributed by atoms with Crippen molar-refractivity contribution in [2.45, 2.75) is 6.61 Å². The number of ether oxygens (including phenoxy) is 1. The minimum absolute atomic E-state index is 0.108. The third-order valence-electron chi connectivity index (χ3n) is 2.76. The average molecular weight is 301 g/mol. The maximum absolute atomic E-state index is 11.3.